The molecule has 0 aliphatic carbocycles. The minimum Gasteiger partial charge on any atom is -0.489 e. The largest absolute Gasteiger partial charge is 0.489 e. The topological polar surface area (TPSA) is 35.2 Å². The Morgan fingerprint density at radius 3 is 2.57 bits per heavy atom. The van der Waals surface area contributed by atoms with Crippen LogP contribution in [-0.2, 0) is 13.0 Å². The summed E-state index contributed by atoms with van der Waals surface area (Å²) >= 11 is 11.1. The normalized spacial score (nSPS) is 10.4. The molecule has 4 heteroatoms. The van der Waals surface area contributed by atoms with Crippen molar-refractivity contribution in [3.63, 3.8) is 0 Å². The number of thiocarbonyl (C=S) groups is 1. The molecule has 21 heavy (non-hydrogen) atoms. The zero-order valence-electron chi connectivity index (χ0n) is 12.2. The van der Waals surface area contributed by atoms with Gasteiger partial charge in [-0.2, -0.15) is 0 Å². The zero-order valence-corrected chi connectivity index (χ0v) is 13.7. The monoisotopic (exact) mass is 319 g/mol. The number of rotatable bonds is 5. The molecule has 0 bridgehead atoms. The fraction of sp³-hybridized carbons (Fsp3) is 0.235. The summed E-state index contributed by atoms with van der Waals surface area (Å²) < 4.78 is 5.85. The van der Waals surface area contributed by atoms with E-state index < -0.39 is 0 Å². The second-order valence-corrected chi connectivity index (χ2v) is 5.75. The van der Waals surface area contributed by atoms with Crippen LogP contribution in [0, 0.1) is 6.92 Å². The van der Waals surface area contributed by atoms with Crippen LogP contribution >= 0.6 is 23.8 Å². The first kappa shape index (κ1) is 15.8. The molecular formula is C17H18ClNOS. The van der Waals surface area contributed by atoms with E-state index in [2.05, 4.69) is 6.92 Å². The van der Waals surface area contributed by atoms with Crippen LogP contribution < -0.4 is 10.5 Å². The van der Waals surface area contributed by atoms with Gasteiger partial charge in [-0.3, -0.25) is 0 Å². The smallest absolute Gasteiger partial charge is 0.120 e. The van der Waals surface area contributed by atoms with Gasteiger partial charge in [0.1, 0.15) is 17.3 Å². The highest BCUT2D eigenvalue weighted by atomic mass is 35.5. The molecule has 0 heterocycles. The summed E-state index contributed by atoms with van der Waals surface area (Å²) in [5.74, 6) is 0.828. The Bertz CT molecular complexity index is 670. The van der Waals surface area contributed by atoms with Gasteiger partial charge in [-0.15, -0.1) is 0 Å². The van der Waals surface area contributed by atoms with Gasteiger partial charge in [-0.05, 0) is 54.3 Å². The molecule has 2 aromatic rings. The van der Waals surface area contributed by atoms with Crippen molar-refractivity contribution in [3.8, 4) is 5.75 Å². The fourth-order valence-electron chi connectivity index (χ4n) is 2.08. The molecule has 2 rings (SSSR count). The molecule has 0 unspecified atom stereocenters. The van der Waals surface area contributed by atoms with Crippen molar-refractivity contribution in [2.24, 2.45) is 5.73 Å². The summed E-state index contributed by atoms with van der Waals surface area (Å²) in [6.45, 7) is 4.61. The van der Waals surface area contributed by atoms with E-state index in [0.717, 1.165) is 39.4 Å². The maximum atomic E-state index is 6.11. The average molecular weight is 320 g/mol. The van der Waals surface area contributed by atoms with Crippen LogP contribution in [0.4, 0.5) is 0 Å². The molecule has 0 amide bonds. The molecule has 0 aliphatic rings. The highest BCUT2D eigenvalue weighted by Gasteiger charge is 2.05. The fourth-order valence-corrected chi connectivity index (χ4v) is 2.46. The summed E-state index contributed by atoms with van der Waals surface area (Å²) in [5.41, 5.74) is 9.83. The molecule has 0 aliphatic heterocycles. The minimum absolute atomic E-state index is 0.413. The zero-order chi connectivity index (χ0) is 15.4. The summed E-state index contributed by atoms with van der Waals surface area (Å²) in [5, 5.41) is 0.779. The molecule has 2 N–H and O–H groups in total. The summed E-state index contributed by atoms with van der Waals surface area (Å²) in [6, 6.07) is 11.7. The molecule has 2 nitrogen and oxygen atoms in total. The van der Waals surface area contributed by atoms with E-state index in [1.807, 2.05) is 43.3 Å². The Labute approximate surface area is 135 Å². The first-order valence-electron chi connectivity index (χ1n) is 6.81. The lowest BCUT2D eigenvalue weighted by Crippen LogP contribution is -2.10. The van der Waals surface area contributed by atoms with Gasteiger partial charge in [0.15, 0.2) is 0 Å². The Hall–Kier alpha value is -1.58. The van der Waals surface area contributed by atoms with Crippen LogP contribution in [-0.4, -0.2) is 4.99 Å². The Morgan fingerprint density at radius 2 is 1.95 bits per heavy atom. The van der Waals surface area contributed by atoms with Crippen LogP contribution in [0.15, 0.2) is 36.4 Å². The van der Waals surface area contributed by atoms with Crippen molar-refractivity contribution in [2.45, 2.75) is 26.9 Å². The van der Waals surface area contributed by atoms with Crippen LogP contribution in [0.2, 0.25) is 5.02 Å². The number of benzene rings is 2. The highest BCUT2D eigenvalue weighted by Crippen LogP contribution is 2.23. The molecule has 0 spiro atoms. The maximum Gasteiger partial charge on any atom is 0.120 e. The van der Waals surface area contributed by atoms with Gasteiger partial charge in [0.05, 0.1) is 0 Å². The molecule has 110 valence electrons. The molecule has 0 aromatic heterocycles. The molecule has 0 radical (unpaired) electrons. The van der Waals surface area contributed by atoms with Crippen molar-refractivity contribution in [2.75, 3.05) is 0 Å². The van der Waals surface area contributed by atoms with Gasteiger partial charge < -0.3 is 10.5 Å². The van der Waals surface area contributed by atoms with Crippen molar-refractivity contribution >= 4 is 28.8 Å². The second kappa shape index (κ2) is 6.92. The van der Waals surface area contributed by atoms with Crippen molar-refractivity contribution in [1.29, 1.82) is 0 Å². The van der Waals surface area contributed by atoms with Gasteiger partial charge >= 0.3 is 0 Å². The van der Waals surface area contributed by atoms with Crippen molar-refractivity contribution < 1.29 is 4.74 Å². The van der Waals surface area contributed by atoms with Crippen molar-refractivity contribution in [1.82, 2.24) is 0 Å². The van der Waals surface area contributed by atoms with E-state index >= 15 is 0 Å². The number of hydrogen-bond acceptors (Lipinski definition) is 2. The first-order chi connectivity index (χ1) is 10.0. The van der Waals surface area contributed by atoms with Gasteiger partial charge in [0, 0.05) is 10.6 Å². The van der Waals surface area contributed by atoms with E-state index in [9.17, 15) is 0 Å². The lowest BCUT2D eigenvalue weighted by atomic mass is 10.1. The lowest BCUT2D eigenvalue weighted by Gasteiger charge is -2.11. The number of aryl methyl sites for hydroxylation is 2. The minimum atomic E-state index is 0.413. The molecule has 2 aromatic carbocycles. The van der Waals surface area contributed by atoms with Crippen LogP contribution in [0.25, 0.3) is 0 Å². The number of halogens is 1. The average Bonchev–Trinajstić information content (AvgIpc) is 2.47. The Balaban J connectivity index is 2.11. The van der Waals surface area contributed by atoms with E-state index in [-0.39, 0.29) is 0 Å². The molecule has 0 atom stereocenters. The second-order valence-electron chi connectivity index (χ2n) is 4.90. The maximum absolute atomic E-state index is 6.11. The SMILES string of the molecule is CCc1cc(OCc2ccc(C(N)=S)cc2C)ccc1Cl. The number of nitrogens with two attached hydrogens (primary N) is 1. The van der Waals surface area contributed by atoms with Crippen LogP contribution in [0.1, 0.15) is 29.2 Å². The van der Waals surface area contributed by atoms with Gasteiger partial charge in [0.2, 0.25) is 0 Å². The summed E-state index contributed by atoms with van der Waals surface area (Å²) in [7, 11) is 0. The first-order valence-corrected chi connectivity index (χ1v) is 7.60. The Morgan fingerprint density at radius 1 is 1.19 bits per heavy atom. The third-order valence-corrected chi connectivity index (χ3v) is 4.02. The van der Waals surface area contributed by atoms with E-state index in [1.165, 1.54) is 0 Å². The molecule has 0 saturated carbocycles. The highest BCUT2D eigenvalue weighted by molar-refractivity contribution is 7.80. The van der Waals surface area contributed by atoms with Gasteiger partial charge in [0.25, 0.3) is 0 Å². The predicted molar refractivity (Wildman–Crippen MR) is 92.2 cm³/mol. The summed E-state index contributed by atoms with van der Waals surface area (Å²) in [6.07, 6.45) is 0.887. The summed E-state index contributed by atoms with van der Waals surface area (Å²) in [4.78, 5) is 0.413. The van der Waals surface area contributed by atoms with Crippen molar-refractivity contribution in [3.05, 3.63) is 63.7 Å². The van der Waals surface area contributed by atoms with Gasteiger partial charge in [-0.25, -0.2) is 0 Å². The third-order valence-electron chi connectivity index (χ3n) is 3.42. The standard InChI is InChI=1S/C17H18ClNOS/c1-3-12-9-15(6-7-16(12)18)20-10-14-5-4-13(17(19)21)8-11(14)2/h4-9H,3,10H2,1-2H3,(H2,19,21). The Kier molecular flexibility index (Phi) is 5.21. The third kappa shape index (κ3) is 3.96. The lowest BCUT2D eigenvalue weighted by molar-refractivity contribution is 0.305. The molecule has 0 fully saturated rings. The molecule has 0 saturated heterocycles. The molecular weight excluding hydrogens is 302 g/mol. The number of ether oxygens (including phenoxy) is 1. The predicted octanol–water partition coefficient (Wildman–Crippen LogP) is 4.42. The number of hydrogen-bond donors (Lipinski definition) is 1. The van der Waals surface area contributed by atoms with E-state index in [0.29, 0.717) is 11.6 Å². The van der Waals surface area contributed by atoms with E-state index in [4.69, 9.17) is 34.3 Å². The quantitative estimate of drug-likeness (QED) is 0.828. The van der Waals surface area contributed by atoms with Gasteiger partial charge in [-0.1, -0.05) is 42.9 Å². The van der Waals surface area contributed by atoms with E-state index in [1.54, 1.807) is 0 Å². The van der Waals surface area contributed by atoms with Crippen LogP contribution in [0.5, 0.6) is 5.75 Å². The van der Waals surface area contributed by atoms with Crippen LogP contribution in [0.3, 0.4) is 0 Å².